The van der Waals surface area contributed by atoms with Gasteiger partial charge >= 0.3 is 0 Å². The Bertz CT molecular complexity index is 860. The number of phenolic OH excluding ortho intramolecular Hbond substituents is 3. The van der Waals surface area contributed by atoms with Gasteiger partial charge in [-0.25, -0.2) is 0 Å². The van der Waals surface area contributed by atoms with E-state index in [0.717, 1.165) is 27.8 Å². The van der Waals surface area contributed by atoms with Gasteiger partial charge in [-0.3, -0.25) is 0 Å². The molecule has 3 rings (SSSR count). The molecule has 0 spiro atoms. The largest absolute Gasteiger partial charge is 0.508 e. The molecule has 0 unspecified atom stereocenters. The number of phenols is 3. The number of aromatic hydroxyl groups is 3. The van der Waals surface area contributed by atoms with Gasteiger partial charge < -0.3 is 15.3 Å². The van der Waals surface area contributed by atoms with E-state index in [4.69, 9.17) is 0 Å². The molecule has 0 aliphatic rings. The zero-order chi connectivity index (χ0) is 18.2. The SMILES string of the molecule is Cc1cc(O)ccc1C(C)(c1ccc(O)cc1)c1ccc(O)cc1C. The van der Waals surface area contributed by atoms with Crippen LogP contribution in [0.2, 0.25) is 0 Å². The first-order valence-corrected chi connectivity index (χ1v) is 8.22. The van der Waals surface area contributed by atoms with Crippen molar-refractivity contribution in [2.45, 2.75) is 26.2 Å². The van der Waals surface area contributed by atoms with Crippen LogP contribution in [0.25, 0.3) is 0 Å². The third-order valence-electron chi connectivity index (χ3n) is 4.94. The van der Waals surface area contributed by atoms with E-state index in [1.165, 1.54) is 0 Å². The molecular weight excluding hydrogens is 312 g/mol. The van der Waals surface area contributed by atoms with Crippen molar-refractivity contribution in [3.05, 3.63) is 88.5 Å². The molecule has 3 aromatic rings. The number of hydrogen-bond acceptors (Lipinski definition) is 3. The summed E-state index contributed by atoms with van der Waals surface area (Å²) in [6.45, 7) is 6.07. The first kappa shape index (κ1) is 16.9. The van der Waals surface area contributed by atoms with Crippen molar-refractivity contribution in [3.63, 3.8) is 0 Å². The standard InChI is InChI=1S/C22H22O3/c1-14-12-18(24)8-10-20(14)22(3,16-4-6-17(23)7-5-16)21-11-9-19(25)13-15(21)2/h4-13,23-25H,1-3H3. The Morgan fingerprint density at radius 3 is 1.40 bits per heavy atom. The molecule has 0 amide bonds. The smallest absolute Gasteiger partial charge is 0.115 e. The molecule has 0 aliphatic heterocycles. The van der Waals surface area contributed by atoms with Crippen molar-refractivity contribution in [2.24, 2.45) is 0 Å². The summed E-state index contributed by atoms with van der Waals surface area (Å²) < 4.78 is 0. The summed E-state index contributed by atoms with van der Waals surface area (Å²) in [7, 11) is 0. The van der Waals surface area contributed by atoms with Gasteiger partial charge in [0.25, 0.3) is 0 Å². The first-order chi connectivity index (χ1) is 11.8. The molecule has 128 valence electrons. The zero-order valence-corrected chi connectivity index (χ0v) is 14.6. The van der Waals surface area contributed by atoms with Crippen LogP contribution < -0.4 is 0 Å². The normalized spacial score (nSPS) is 11.5. The zero-order valence-electron chi connectivity index (χ0n) is 14.6. The van der Waals surface area contributed by atoms with E-state index in [9.17, 15) is 15.3 Å². The van der Waals surface area contributed by atoms with Gasteiger partial charge in [0.05, 0.1) is 0 Å². The predicted molar refractivity (Wildman–Crippen MR) is 99.4 cm³/mol. The second kappa shape index (κ2) is 6.17. The molecule has 0 atom stereocenters. The lowest BCUT2D eigenvalue weighted by atomic mass is 9.68. The van der Waals surface area contributed by atoms with Crippen LogP contribution in [0.3, 0.4) is 0 Å². The molecule has 3 aromatic carbocycles. The van der Waals surface area contributed by atoms with E-state index in [0.29, 0.717) is 0 Å². The second-order valence-corrected chi connectivity index (χ2v) is 6.67. The molecular formula is C22H22O3. The molecule has 0 radical (unpaired) electrons. The van der Waals surface area contributed by atoms with Gasteiger partial charge in [-0.05, 0) is 85.0 Å². The van der Waals surface area contributed by atoms with E-state index < -0.39 is 5.41 Å². The lowest BCUT2D eigenvalue weighted by molar-refractivity contribution is 0.473. The van der Waals surface area contributed by atoms with E-state index in [2.05, 4.69) is 6.92 Å². The monoisotopic (exact) mass is 334 g/mol. The van der Waals surface area contributed by atoms with Crippen molar-refractivity contribution >= 4 is 0 Å². The maximum atomic E-state index is 9.81. The van der Waals surface area contributed by atoms with Crippen LogP contribution in [0.4, 0.5) is 0 Å². The highest BCUT2D eigenvalue weighted by Crippen LogP contribution is 2.43. The van der Waals surface area contributed by atoms with Crippen molar-refractivity contribution in [2.75, 3.05) is 0 Å². The third kappa shape index (κ3) is 2.93. The Balaban J connectivity index is 2.33. The quantitative estimate of drug-likeness (QED) is 0.604. The Labute approximate surface area is 147 Å². The van der Waals surface area contributed by atoms with Gasteiger partial charge in [0.1, 0.15) is 17.2 Å². The Hall–Kier alpha value is -2.94. The van der Waals surface area contributed by atoms with Gasteiger partial charge in [0, 0.05) is 5.41 Å². The van der Waals surface area contributed by atoms with E-state index in [1.807, 2.05) is 38.1 Å². The topological polar surface area (TPSA) is 60.7 Å². The van der Waals surface area contributed by atoms with Gasteiger partial charge in [-0.2, -0.15) is 0 Å². The minimum absolute atomic E-state index is 0.218. The van der Waals surface area contributed by atoms with Gasteiger partial charge in [-0.1, -0.05) is 24.3 Å². The fourth-order valence-electron chi connectivity index (χ4n) is 3.67. The van der Waals surface area contributed by atoms with Crippen LogP contribution in [-0.2, 0) is 5.41 Å². The molecule has 0 bridgehead atoms. The van der Waals surface area contributed by atoms with Crippen LogP contribution in [0.5, 0.6) is 17.2 Å². The van der Waals surface area contributed by atoms with Crippen molar-refractivity contribution in [3.8, 4) is 17.2 Å². The van der Waals surface area contributed by atoms with E-state index in [1.54, 1.807) is 36.4 Å². The Kier molecular flexibility index (Phi) is 4.17. The summed E-state index contributed by atoms with van der Waals surface area (Å²) >= 11 is 0. The molecule has 0 aromatic heterocycles. The van der Waals surface area contributed by atoms with Gasteiger partial charge in [0.2, 0.25) is 0 Å². The molecule has 3 heteroatoms. The number of aryl methyl sites for hydroxylation is 2. The van der Waals surface area contributed by atoms with Crippen LogP contribution in [0, 0.1) is 13.8 Å². The first-order valence-electron chi connectivity index (χ1n) is 8.22. The summed E-state index contributed by atoms with van der Waals surface area (Å²) in [6, 6.07) is 17.9. The fraction of sp³-hybridized carbons (Fsp3) is 0.182. The molecule has 3 N–H and O–H groups in total. The van der Waals surface area contributed by atoms with Crippen LogP contribution in [0.1, 0.15) is 34.7 Å². The molecule has 0 saturated carbocycles. The number of benzene rings is 3. The molecule has 0 aliphatic carbocycles. The average Bonchev–Trinajstić information content (AvgIpc) is 2.54. The van der Waals surface area contributed by atoms with Crippen LogP contribution in [-0.4, -0.2) is 15.3 Å². The molecule has 25 heavy (non-hydrogen) atoms. The highest BCUT2D eigenvalue weighted by Gasteiger charge is 2.34. The Morgan fingerprint density at radius 2 is 1.00 bits per heavy atom. The van der Waals surface area contributed by atoms with E-state index in [-0.39, 0.29) is 17.2 Å². The molecule has 0 heterocycles. The maximum absolute atomic E-state index is 9.81. The van der Waals surface area contributed by atoms with Crippen LogP contribution in [0.15, 0.2) is 60.7 Å². The summed E-state index contributed by atoms with van der Waals surface area (Å²) in [5, 5.41) is 29.3. The van der Waals surface area contributed by atoms with Crippen molar-refractivity contribution in [1.82, 2.24) is 0 Å². The predicted octanol–water partition coefficient (Wildman–Crippen LogP) is 4.77. The highest BCUT2D eigenvalue weighted by atomic mass is 16.3. The second-order valence-electron chi connectivity index (χ2n) is 6.67. The highest BCUT2D eigenvalue weighted by molar-refractivity contribution is 5.56. The van der Waals surface area contributed by atoms with E-state index >= 15 is 0 Å². The van der Waals surface area contributed by atoms with Gasteiger partial charge in [0.15, 0.2) is 0 Å². The lowest BCUT2D eigenvalue weighted by Gasteiger charge is -2.34. The maximum Gasteiger partial charge on any atom is 0.115 e. The van der Waals surface area contributed by atoms with Gasteiger partial charge in [-0.15, -0.1) is 0 Å². The molecule has 0 fully saturated rings. The lowest BCUT2D eigenvalue weighted by Crippen LogP contribution is -2.27. The van der Waals surface area contributed by atoms with Crippen LogP contribution >= 0.6 is 0 Å². The van der Waals surface area contributed by atoms with Crippen molar-refractivity contribution in [1.29, 1.82) is 0 Å². The minimum atomic E-state index is -0.497. The summed E-state index contributed by atoms with van der Waals surface area (Å²) in [5.41, 5.74) is 4.59. The fourth-order valence-corrected chi connectivity index (χ4v) is 3.67. The van der Waals surface area contributed by atoms with Crippen molar-refractivity contribution < 1.29 is 15.3 Å². The summed E-state index contributed by atoms with van der Waals surface area (Å²) in [5.74, 6) is 0.685. The third-order valence-corrected chi connectivity index (χ3v) is 4.94. The average molecular weight is 334 g/mol. The molecule has 3 nitrogen and oxygen atoms in total. The number of hydrogen-bond donors (Lipinski definition) is 3. The Morgan fingerprint density at radius 1 is 0.600 bits per heavy atom. The minimum Gasteiger partial charge on any atom is -0.508 e. The summed E-state index contributed by atoms with van der Waals surface area (Å²) in [4.78, 5) is 0. The number of rotatable bonds is 3. The summed E-state index contributed by atoms with van der Waals surface area (Å²) in [6.07, 6.45) is 0. The molecule has 0 saturated heterocycles.